The van der Waals surface area contributed by atoms with Gasteiger partial charge in [-0.3, -0.25) is 4.72 Å². The van der Waals surface area contributed by atoms with Crippen molar-refractivity contribution in [2.24, 2.45) is 5.10 Å². The van der Waals surface area contributed by atoms with Gasteiger partial charge >= 0.3 is 0 Å². The van der Waals surface area contributed by atoms with Gasteiger partial charge in [0.2, 0.25) is 10.0 Å². The van der Waals surface area contributed by atoms with Crippen LogP contribution in [0.4, 0.5) is 5.69 Å². The number of nitrogens with one attached hydrogen (secondary N) is 1. The van der Waals surface area contributed by atoms with Crippen LogP contribution in [0.25, 0.3) is 0 Å². The Morgan fingerprint density at radius 2 is 1.47 bits per heavy atom. The van der Waals surface area contributed by atoms with Crippen molar-refractivity contribution in [1.29, 1.82) is 0 Å². The Morgan fingerprint density at radius 1 is 0.882 bits per heavy atom. The van der Waals surface area contributed by atoms with E-state index in [1.165, 1.54) is 0 Å². The molecule has 1 atom stereocenters. The van der Waals surface area contributed by atoms with Crippen molar-refractivity contribution < 1.29 is 16.8 Å². The lowest BCUT2D eigenvalue weighted by molar-refractivity contribution is 0.371. The van der Waals surface area contributed by atoms with Crippen molar-refractivity contribution in [2.75, 3.05) is 10.5 Å². The Hall–Kier alpha value is -3.17. The largest absolute Gasteiger partial charge is 0.283 e. The molecule has 1 N–H and O–H groups in total. The van der Waals surface area contributed by atoms with Crippen LogP contribution in [0.1, 0.15) is 41.6 Å². The van der Waals surface area contributed by atoms with E-state index in [-0.39, 0.29) is 10.6 Å². The number of para-hydroxylation sites is 1. The Bertz CT molecular complexity index is 1430. The van der Waals surface area contributed by atoms with E-state index in [1.54, 1.807) is 55.5 Å². The van der Waals surface area contributed by atoms with Gasteiger partial charge in [-0.2, -0.15) is 17.9 Å². The average Bonchev–Trinajstić information content (AvgIpc) is 3.26. The van der Waals surface area contributed by atoms with Crippen LogP contribution in [-0.4, -0.2) is 32.7 Å². The summed E-state index contributed by atoms with van der Waals surface area (Å²) in [5.74, 6) is -0.0757. The van der Waals surface area contributed by atoms with E-state index >= 15 is 0 Å². The first-order chi connectivity index (χ1) is 16.1. The third-order valence-electron chi connectivity index (χ3n) is 5.78. The molecule has 0 saturated heterocycles. The fraction of sp³-hybridized carbons (Fsp3) is 0.240. The molecule has 7 nitrogen and oxygen atoms in total. The number of hydrogen-bond acceptors (Lipinski definition) is 5. The van der Waals surface area contributed by atoms with Gasteiger partial charge in [0.05, 0.1) is 28.1 Å². The Balaban J connectivity index is 1.82. The number of aryl methyl sites for hydroxylation is 2. The molecule has 3 aromatic carbocycles. The van der Waals surface area contributed by atoms with E-state index in [1.807, 2.05) is 38.1 Å². The van der Waals surface area contributed by atoms with Crippen LogP contribution in [0.15, 0.2) is 82.8 Å². The molecule has 0 fully saturated rings. The number of rotatable bonds is 7. The van der Waals surface area contributed by atoms with Crippen LogP contribution in [-0.2, 0) is 20.0 Å². The summed E-state index contributed by atoms with van der Waals surface area (Å²) >= 11 is 0. The zero-order valence-electron chi connectivity index (χ0n) is 19.3. The van der Waals surface area contributed by atoms with Gasteiger partial charge in [-0.15, -0.1) is 0 Å². The molecule has 3 aromatic rings. The molecule has 0 aliphatic carbocycles. The van der Waals surface area contributed by atoms with Crippen molar-refractivity contribution in [3.05, 3.63) is 95.1 Å². The van der Waals surface area contributed by atoms with E-state index in [2.05, 4.69) is 9.82 Å². The maximum Gasteiger partial charge on any atom is 0.279 e. The summed E-state index contributed by atoms with van der Waals surface area (Å²) in [6.45, 7) is 5.42. The quantitative estimate of drug-likeness (QED) is 0.516. The lowest BCUT2D eigenvalue weighted by Gasteiger charge is -2.23. The molecule has 4 rings (SSSR count). The molecule has 1 heterocycles. The van der Waals surface area contributed by atoms with Crippen LogP contribution in [0.2, 0.25) is 0 Å². The fourth-order valence-corrected chi connectivity index (χ4v) is 5.88. The summed E-state index contributed by atoms with van der Waals surface area (Å²) in [4.78, 5) is 0.153. The number of anilines is 1. The van der Waals surface area contributed by atoms with Gasteiger partial charge in [-0.25, -0.2) is 8.42 Å². The van der Waals surface area contributed by atoms with E-state index < -0.39 is 26.1 Å². The summed E-state index contributed by atoms with van der Waals surface area (Å²) in [7, 11) is -7.47. The fourth-order valence-electron chi connectivity index (χ4n) is 3.79. The molecule has 0 aromatic heterocycles. The Kier molecular flexibility index (Phi) is 6.51. The maximum atomic E-state index is 13.6. The lowest BCUT2D eigenvalue weighted by Crippen LogP contribution is -2.27. The Labute approximate surface area is 201 Å². The summed E-state index contributed by atoms with van der Waals surface area (Å²) in [6.07, 6.45) is 0.305. The molecule has 1 aliphatic heterocycles. The minimum absolute atomic E-state index is 0.0757. The second-order valence-electron chi connectivity index (χ2n) is 8.32. The van der Waals surface area contributed by atoms with Gasteiger partial charge in [0.1, 0.15) is 0 Å². The van der Waals surface area contributed by atoms with E-state index in [9.17, 15) is 16.8 Å². The number of sulfonamides is 2. The summed E-state index contributed by atoms with van der Waals surface area (Å²) in [6, 6.07) is 20.7. The van der Waals surface area contributed by atoms with Gasteiger partial charge in [0.15, 0.2) is 0 Å². The highest BCUT2D eigenvalue weighted by molar-refractivity contribution is 7.92. The normalized spacial score (nSPS) is 16.4. The monoisotopic (exact) mass is 497 g/mol. The molecular weight excluding hydrogens is 470 g/mol. The second-order valence-corrected chi connectivity index (χ2v) is 12.1. The zero-order chi connectivity index (χ0) is 24.5. The van der Waals surface area contributed by atoms with Crippen molar-refractivity contribution >= 4 is 31.4 Å². The first-order valence-corrected chi connectivity index (χ1v) is 14.0. The molecule has 0 spiro atoms. The van der Waals surface area contributed by atoms with Gasteiger partial charge in [0, 0.05) is 12.0 Å². The highest BCUT2D eigenvalue weighted by Gasteiger charge is 2.38. The molecule has 0 saturated carbocycles. The van der Waals surface area contributed by atoms with Crippen LogP contribution in [0.5, 0.6) is 0 Å². The van der Waals surface area contributed by atoms with Crippen molar-refractivity contribution in [3.63, 3.8) is 0 Å². The van der Waals surface area contributed by atoms with E-state index in [0.29, 0.717) is 23.4 Å². The average molecular weight is 498 g/mol. The number of nitrogens with zero attached hydrogens (tertiary/aromatic N) is 2. The third-order valence-corrected chi connectivity index (χ3v) is 8.77. The molecule has 34 heavy (non-hydrogen) atoms. The third kappa shape index (κ3) is 4.85. The first kappa shape index (κ1) is 24.0. The maximum absolute atomic E-state index is 13.6. The van der Waals surface area contributed by atoms with Crippen molar-refractivity contribution in [1.82, 2.24) is 4.41 Å². The van der Waals surface area contributed by atoms with E-state index in [4.69, 9.17) is 0 Å². The highest BCUT2D eigenvalue weighted by atomic mass is 32.2. The standard InChI is InChI=1S/C25H27N3O4S2/c1-4-33(29,30)27-23-8-6-5-7-22(23)24-17-25(20-13-9-18(2)10-14-20)28(26-24)34(31,32)21-15-11-19(3)12-16-21/h5-16,25,27H,4,17H2,1-3H3/t25-/m1/s1. The van der Waals surface area contributed by atoms with Crippen LogP contribution in [0, 0.1) is 13.8 Å². The van der Waals surface area contributed by atoms with Crippen LogP contribution >= 0.6 is 0 Å². The number of benzene rings is 3. The van der Waals surface area contributed by atoms with E-state index in [0.717, 1.165) is 21.1 Å². The molecule has 0 amide bonds. The summed E-state index contributed by atoms with van der Waals surface area (Å²) in [5, 5.41) is 4.55. The van der Waals surface area contributed by atoms with Gasteiger partial charge in [-0.05, 0) is 44.5 Å². The molecule has 0 radical (unpaired) electrons. The van der Waals surface area contributed by atoms with Gasteiger partial charge in [-0.1, -0.05) is 65.7 Å². The predicted molar refractivity (Wildman–Crippen MR) is 135 cm³/mol. The SMILES string of the molecule is CCS(=O)(=O)Nc1ccccc1C1=NN(S(=O)(=O)c2ccc(C)cc2)[C@@H](c2ccc(C)cc2)C1. The summed E-state index contributed by atoms with van der Waals surface area (Å²) in [5.41, 5.74) is 4.26. The highest BCUT2D eigenvalue weighted by Crippen LogP contribution is 2.38. The molecule has 178 valence electrons. The lowest BCUT2D eigenvalue weighted by atomic mass is 9.98. The Morgan fingerprint density at radius 3 is 2.09 bits per heavy atom. The van der Waals surface area contributed by atoms with Crippen LogP contribution in [0.3, 0.4) is 0 Å². The van der Waals surface area contributed by atoms with Crippen molar-refractivity contribution in [3.8, 4) is 0 Å². The zero-order valence-corrected chi connectivity index (χ0v) is 20.9. The number of hydrazone groups is 1. The first-order valence-electron chi connectivity index (χ1n) is 11.0. The molecular formula is C25H27N3O4S2. The minimum atomic E-state index is -3.95. The molecule has 9 heteroatoms. The minimum Gasteiger partial charge on any atom is -0.283 e. The predicted octanol–water partition coefficient (Wildman–Crippen LogP) is 4.61. The second kappa shape index (κ2) is 9.23. The van der Waals surface area contributed by atoms with Gasteiger partial charge < -0.3 is 0 Å². The molecule has 0 bridgehead atoms. The smallest absolute Gasteiger partial charge is 0.279 e. The topological polar surface area (TPSA) is 95.9 Å². The summed E-state index contributed by atoms with van der Waals surface area (Å²) < 4.78 is 55.5. The molecule has 1 aliphatic rings. The number of hydrogen-bond donors (Lipinski definition) is 1. The van der Waals surface area contributed by atoms with Gasteiger partial charge in [0.25, 0.3) is 10.0 Å². The van der Waals surface area contributed by atoms with Crippen LogP contribution < -0.4 is 4.72 Å². The molecule has 0 unspecified atom stereocenters. The van der Waals surface area contributed by atoms with Crippen molar-refractivity contribution in [2.45, 2.75) is 38.1 Å².